The second kappa shape index (κ2) is 14.4. The standard InChI is InChI=1S/C30H48O8/c1-8-24(33)21(5)29-26(37-29)17-30(7,35)15-9-10-19(3)28-20(4)12-14-25(36-22(6)31)18(2)11-13-23(32)16-27(34)38-28/h9-10,12,14-15,18,20-21,23-26,28-29,32-33,35H,8,11,13,16-17H2,1-7H3/b14-12-,15-9+,19-10+/t18-,20+,21-,23+,24-,25+,26-,28-,29+,30-/m1/s1. The molecule has 10 atom stereocenters. The van der Waals surface area contributed by atoms with Gasteiger partial charge < -0.3 is 29.5 Å². The number of hydrogen-bond donors (Lipinski definition) is 3. The van der Waals surface area contributed by atoms with Crippen molar-refractivity contribution in [2.75, 3.05) is 0 Å². The van der Waals surface area contributed by atoms with E-state index < -0.39 is 36.0 Å². The molecule has 0 aromatic heterocycles. The zero-order valence-electron chi connectivity index (χ0n) is 24.0. The van der Waals surface area contributed by atoms with Gasteiger partial charge in [-0.3, -0.25) is 9.59 Å². The Morgan fingerprint density at radius 2 is 1.95 bits per heavy atom. The quantitative estimate of drug-likeness (QED) is 0.175. The first-order valence-corrected chi connectivity index (χ1v) is 13.9. The SMILES string of the molecule is CC[C@@H](O)[C@@H](C)[C@@H]1O[C@@H]1C[C@](C)(O)/C=C/C=C(\C)[C@H]1OC(=O)C[C@@H](O)CC[C@@H](C)[C@@H](OC(C)=O)/C=C\[C@@H]1C. The summed E-state index contributed by atoms with van der Waals surface area (Å²) in [7, 11) is 0. The van der Waals surface area contributed by atoms with E-state index in [4.69, 9.17) is 14.2 Å². The average Bonchev–Trinajstić information content (AvgIpc) is 3.59. The van der Waals surface area contributed by atoms with Crippen LogP contribution in [0.1, 0.15) is 80.6 Å². The van der Waals surface area contributed by atoms with Crippen molar-refractivity contribution in [1.29, 1.82) is 0 Å². The van der Waals surface area contributed by atoms with Gasteiger partial charge in [-0.1, -0.05) is 52.0 Å². The van der Waals surface area contributed by atoms with E-state index >= 15 is 0 Å². The highest BCUT2D eigenvalue weighted by molar-refractivity contribution is 5.70. The van der Waals surface area contributed by atoms with Crippen LogP contribution in [-0.2, 0) is 23.8 Å². The van der Waals surface area contributed by atoms with Crippen LogP contribution in [0.15, 0.2) is 36.0 Å². The number of carbonyl (C=O) groups is 2. The third-order valence-corrected chi connectivity index (χ3v) is 7.60. The molecule has 2 aliphatic rings. The number of cyclic esters (lactones) is 1. The zero-order valence-corrected chi connectivity index (χ0v) is 24.0. The lowest BCUT2D eigenvalue weighted by molar-refractivity contribution is -0.151. The van der Waals surface area contributed by atoms with Gasteiger partial charge in [-0.15, -0.1) is 0 Å². The lowest BCUT2D eigenvalue weighted by Gasteiger charge is -2.27. The fraction of sp³-hybridized carbons (Fsp3) is 0.733. The summed E-state index contributed by atoms with van der Waals surface area (Å²) in [6.07, 6.45) is 8.48. The molecule has 0 aliphatic carbocycles. The molecule has 2 rings (SSSR count). The van der Waals surface area contributed by atoms with E-state index in [-0.39, 0.29) is 42.4 Å². The molecule has 0 aromatic rings. The monoisotopic (exact) mass is 536 g/mol. The van der Waals surface area contributed by atoms with E-state index in [1.165, 1.54) is 6.92 Å². The maximum atomic E-state index is 12.6. The Labute approximate surface area is 227 Å². The van der Waals surface area contributed by atoms with Gasteiger partial charge >= 0.3 is 11.9 Å². The third-order valence-electron chi connectivity index (χ3n) is 7.60. The van der Waals surface area contributed by atoms with Gasteiger partial charge in [0.2, 0.25) is 0 Å². The first-order chi connectivity index (χ1) is 17.7. The maximum absolute atomic E-state index is 12.6. The minimum absolute atomic E-state index is 0.0131. The van der Waals surface area contributed by atoms with E-state index in [1.807, 2.05) is 46.8 Å². The van der Waals surface area contributed by atoms with Crippen LogP contribution in [0, 0.1) is 17.8 Å². The van der Waals surface area contributed by atoms with E-state index in [9.17, 15) is 24.9 Å². The fourth-order valence-electron chi connectivity index (χ4n) is 4.99. The number of epoxide rings is 1. The van der Waals surface area contributed by atoms with Gasteiger partial charge in [0.05, 0.1) is 36.4 Å². The van der Waals surface area contributed by atoms with Crippen molar-refractivity contribution in [2.24, 2.45) is 17.8 Å². The van der Waals surface area contributed by atoms with E-state index in [0.717, 1.165) is 5.57 Å². The molecule has 0 radical (unpaired) electrons. The van der Waals surface area contributed by atoms with Crippen molar-refractivity contribution in [1.82, 2.24) is 0 Å². The highest BCUT2D eigenvalue weighted by atomic mass is 16.6. The van der Waals surface area contributed by atoms with Crippen LogP contribution >= 0.6 is 0 Å². The maximum Gasteiger partial charge on any atom is 0.309 e. The number of hydrogen-bond acceptors (Lipinski definition) is 8. The Hall–Kier alpha value is -2.00. The van der Waals surface area contributed by atoms with Crippen molar-refractivity contribution in [3.63, 3.8) is 0 Å². The van der Waals surface area contributed by atoms with Crippen LogP contribution in [0.25, 0.3) is 0 Å². The van der Waals surface area contributed by atoms with E-state index in [2.05, 4.69) is 0 Å². The van der Waals surface area contributed by atoms with Gasteiger partial charge in [-0.25, -0.2) is 0 Å². The topological polar surface area (TPSA) is 126 Å². The molecule has 0 unspecified atom stereocenters. The van der Waals surface area contributed by atoms with Crippen molar-refractivity contribution < 1.29 is 39.1 Å². The predicted molar refractivity (Wildman–Crippen MR) is 145 cm³/mol. The van der Waals surface area contributed by atoms with E-state index in [1.54, 1.807) is 25.2 Å². The van der Waals surface area contributed by atoms with Crippen molar-refractivity contribution in [3.05, 3.63) is 36.0 Å². The second-order valence-corrected chi connectivity index (χ2v) is 11.4. The summed E-state index contributed by atoms with van der Waals surface area (Å²) >= 11 is 0. The molecule has 38 heavy (non-hydrogen) atoms. The molecule has 216 valence electrons. The summed E-state index contributed by atoms with van der Waals surface area (Å²) in [6.45, 7) is 12.7. The van der Waals surface area contributed by atoms with Crippen LogP contribution in [0.2, 0.25) is 0 Å². The molecule has 0 spiro atoms. The predicted octanol–water partition coefficient (Wildman–Crippen LogP) is 4.02. The Kier molecular flexibility index (Phi) is 12.2. The summed E-state index contributed by atoms with van der Waals surface area (Å²) in [5, 5.41) is 31.3. The number of rotatable bonds is 9. The van der Waals surface area contributed by atoms with Crippen LogP contribution < -0.4 is 0 Å². The van der Waals surface area contributed by atoms with Crippen LogP contribution in [0.3, 0.4) is 0 Å². The summed E-state index contributed by atoms with van der Waals surface area (Å²) in [5.74, 6) is -1.08. The lowest BCUT2D eigenvalue weighted by Crippen LogP contribution is -2.30. The smallest absolute Gasteiger partial charge is 0.309 e. The Balaban J connectivity index is 2.14. The first-order valence-electron chi connectivity index (χ1n) is 13.9. The minimum atomic E-state index is -1.11. The first kappa shape index (κ1) is 32.2. The summed E-state index contributed by atoms with van der Waals surface area (Å²) < 4.78 is 17.0. The Bertz CT molecular complexity index is 875. The minimum Gasteiger partial charge on any atom is -0.458 e. The number of ether oxygens (including phenoxy) is 3. The second-order valence-electron chi connectivity index (χ2n) is 11.4. The highest BCUT2D eigenvalue weighted by Crippen LogP contribution is 2.37. The molecule has 0 bridgehead atoms. The molecule has 3 N–H and O–H groups in total. The number of aliphatic hydroxyl groups excluding tert-OH is 2. The lowest BCUT2D eigenvalue weighted by atomic mass is 9.91. The van der Waals surface area contributed by atoms with Crippen LogP contribution in [0.4, 0.5) is 0 Å². The molecule has 8 nitrogen and oxygen atoms in total. The van der Waals surface area contributed by atoms with Gasteiger partial charge in [0.1, 0.15) is 12.2 Å². The van der Waals surface area contributed by atoms with Crippen molar-refractivity contribution >= 4 is 11.9 Å². The van der Waals surface area contributed by atoms with Crippen LogP contribution in [0.5, 0.6) is 0 Å². The molecule has 1 saturated heterocycles. The summed E-state index contributed by atoms with van der Waals surface area (Å²) in [6, 6.07) is 0. The molecule has 2 aliphatic heterocycles. The van der Waals surface area contributed by atoms with E-state index in [0.29, 0.717) is 25.7 Å². The summed E-state index contributed by atoms with van der Waals surface area (Å²) in [5.41, 5.74) is -0.342. The van der Waals surface area contributed by atoms with Gasteiger partial charge in [-0.05, 0) is 50.7 Å². The Morgan fingerprint density at radius 1 is 1.26 bits per heavy atom. The molecule has 0 amide bonds. The van der Waals surface area contributed by atoms with Gasteiger partial charge in [-0.2, -0.15) is 0 Å². The fourth-order valence-corrected chi connectivity index (χ4v) is 4.99. The normalized spacial score (nSPS) is 35.3. The number of aliphatic hydroxyl groups is 3. The largest absolute Gasteiger partial charge is 0.458 e. The molecule has 8 heteroatoms. The molecular weight excluding hydrogens is 488 g/mol. The molecule has 0 saturated carbocycles. The number of esters is 2. The van der Waals surface area contributed by atoms with Crippen molar-refractivity contribution in [2.45, 2.75) is 123 Å². The average molecular weight is 537 g/mol. The zero-order chi connectivity index (χ0) is 28.6. The number of allylic oxidation sites excluding steroid dienone is 2. The van der Waals surface area contributed by atoms with Crippen molar-refractivity contribution in [3.8, 4) is 0 Å². The summed E-state index contributed by atoms with van der Waals surface area (Å²) in [4.78, 5) is 24.2. The molecule has 2 heterocycles. The molecular formula is C30H48O8. The van der Waals surface area contributed by atoms with Gasteiger partial charge in [0, 0.05) is 25.2 Å². The van der Waals surface area contributed by atoms with Gasteiger partial charge in [0.25, 0.3) is 0 Å². The van der Waals surface area contributed by atoms with Crippen LogP contribution in [-0.4, -0.2) is 69.5 Å². The molecule has 0 aromatic carbocycles. The third kappa shape index (κ3) is 10.3. The number of carbonyl (C=O) groups excluding carboxylic acids is 2. The Morgan fingerprint density at radius 3 is 2.58 bits per heavy atom. The molecule has 1 fully saturated rings. The highest BCUT2D eigenvalue weighted by Gasteiger charge is 2.47. The van der Waals surface area contributed by atoms with Gasteiger partial charge in [0.15, 0.2) is 0 Å².